The van der Waals surface area contributed by atoms with E-state index in [-0.39, 0.29) is 30.3 Å². The van der Waals surface area contributed by atoms with Gasteiger partial charge >= 0.3 is 11.9 Å². The fourth-order valence-corrected chi connectivity index (χ4v) is 6.12. The van der Waals surface area contributed by atoms with Crippen molar-refractivity contribution >= 4 is 29.3 Å². The molecular formula is C44H82N2O5S. The summed E-state index contributed by atoms with van der Waals surface area (Å²) in [5.74, 6) is -0.466. The minimum atomic E-state index is -0.456. The van der Waals surface area contributed by atoms with E-state index in [1.54, 1.807) is 0 Å². The molecule has 0 amide bonds. The summed E-state index contributed by atoms with van der Waals surface area (Å²) in [6.45, 7) is 5.83. The number of nitrogens with zero attached hydrogens (tertiary/aromatic N) is 1. The van der Waals surface area contributed by atoms with Crippen LogP contribution in [-0.4, -0.2) is 68.5 Å². The highest BCUT2D eigenvalue weighted by Gasteiger charge is 2.17. The Bertz CT molecular complexity index is 823. The van der Waals surface area contributed by atoms with Gasteiger partial charge in [0.15, 0.2) is 0 Å². The largest absolute Gasteiger partial charge is 0.470 e. The van der Waals surface area contributed by atoms with E-state index in [0.29, 0.717) is 19.4 Å². The molecule has 52 heavy (non-hydrogen) atoms. The van der Waals surface area contributed by atoms with Crippen molar-refractivity contribution in [3.8, 4) is 0 Å². The SMILES string of the molecule is CCCCCCCC/C=C\CCCCCCCC(=O)OCC(COC(=O)CCCCCCC/C=C\CCCCCCCC)NC(=S)OCCN(C)C. The van der Waals surface area contributed by atoms with Gasteiger partial charge in [-0.3, -0.25) is 9.59 Å². The maximum absolute atomic E-state index is 12.5. The highest BCUT2D eigenvalue weighted by atomic mass is 32.1. The summed E-state index contributed by atoms with van der Waals surface area (Å²) in [6, 6.07) is -0.456. The lowest BCUT2D eigenvalue weighted by atomic mass is 10.1. The Labute approximate surface area is 326 Å². The van der Waals surface area contributed by atoms with Crippen LogP contribution < -0.4 is 5.32 Å². The number of carbonyl (C=O) groups is 2. The summed E-state index contributed by atoms with van der Waals surface area (Å²) >= 11 is 5.35. The van der Waals surface area contributed by atoms with Crippen molar-refractivity contribution in [1.29, 1.82) is 0 Å². The Morgan fingerprint density at radius 2 is 0.885 bits per heavy atom. The number of hydrogen-bond donors (Lipinski definition) is 1. The molecule has 0 aliphatic rings. The molecule has 0 aromatic carbocycles. The molecule has 0 heterocycles. The Balaban J connectivity index is 4.15. The molecule has 0 unspecified atom stereocenters. The van der Waals surface area contributed by atoms with Gasteiger partial charge in [-0.15, -0.1) is 0 Å². The summed E-state index contributed by atoms with van der Waals surface area (Å²) in [4.78, 5) is 27.0. The molecule has 0 saturated carbocycles. The van der Waals surface area contributed by atoms with Crippen LogP contribution in [0.5, 0.6) is 0 Å². The predicted octanol–water partition coefficient (Wildman–Crippen LogP) is 12.0. The van der Waals surface area contributed by atoms with Crippen LogP contribution >= 0.6 is 12.2 Å². The Kier molecular flexibility index (Phi) is 38.8. The smallest absolute Gasteiger partial charge is 0.305 e. The first-order valence-corrected chi connectivity index (χ1v) is 22.0. The van der Waals surface area contributed by atoms with Crippen molar-refractivity contribution in [2.45, 2.75) is 200 Å². The van der Waals surface area contributed by atoms with Crippen molar-refractivity contribution in [1.82, 2.24) is 10.2 Å². The molecule has 0 bridgehead atoms. The van der Waals surface area contributed by atoms with Gasteiger partial charge in [0.05, 0.1) is 6.04 Å². The molecule has 0 fully saturated rings. The van der Waals surface area contributed by atoms with Crippen LogP contribution in [0.15, 0.2) is 24.3 Å². The van der Waals surface area contributed by atoms with Gasteiger partial charge in [0.1, 0.15) is 19.8 Å². The normalized spacial score (nSPS) is 11.7. The summed E-state index contributed by atoms with van der Waals surface area (Å²) in [6.07, 6.45) is 41.8. The Morgan fingerprint density at radius 1 is 0.538 bits per heavy atom. The molecule has 0 aliphatic heterocycles. The molecule has 0 aromatic heterocycles. The molecule has 0 spiro atoms. The van der Waals surface area contributed by atoms with Crippen LogP contribution in [0.2, 0.25) is 0 Å². The molecule has 8 heteroatoms. The number of likely N-dealkylation sites (N-methyl/N-ethyl adjacent to an activating group) is 1. The molecule has 0 aliphatic carbocycles. The first kappa shape index (κ1) is 50.1. The lowest BCUT2D eigenvalue weighted by Crippen LogP contribution is -2.43. The molecule has 0 radical (unpaired) electrons. The van der Waals surface area contributed by atoms with Crippen LogP contribution in [-0.2, 0) is 23.8 Å². The number of thiocarbonyl (C=S) groups is 1. The van der Waals surface area contributed by atoms with E-state index >= 15 is 0 Å². The zero-order valence-corrected chi connectivity index (χ0v) is 35.2. The zero-order chi connectivity index (χ0) is 38.2. The monoisotopic (exact) mass is 751 g/mol. The highest BCUT2D eigenvalue weighted by molar-refractivity contribution is 7.80. The standard InChI is InChI=1S/C44H82N2O5S/c1-5-7-9-11-13-15-17-19-21-23-25-27-29-31-33-35-42(47)50-39-41(45-44(52)49-38-37-46(3)4)40-51-43(48)36-34-32-30-28-26-24-22-20-18-16-14-12-10-8-6-2/h19-22,41H,5-18,23-40H2,1-4H3,(H,45,52)/b21-19-,22-20-. The summed E-state index contributed by atoms with van der Waals surface area (Å²) in [5.41, 5.74) is 0. The second-order valence-electron chi connectivity index (χ2n) is 14.8. The third kappa shape index (κ3) is 39.3. The number of ether oxygens (including phenoxy) is 3. The van der Waals surface area contributed by atoms with Gasteiger partial charge < -0.3 is 24.4 Å². The van der Waals surface area contributed by atoms with Crippen molar-refractivity contribution in [3.05, 3.63) is 24.3 Å². The van der Waals surface area contributed by atoms with E-state index in [0.717, 1.165) is 57.9 Å². The number of carbonyl (C=O) groups excluding carboxylic acids is 2. The maximum atomic E-state index is 12.5. The van der Waals surface area contributed by atoms with Gasteiger partial charge in [0.2, 0.25) is 0 Å². The number of allylic oxidation sites excluding steroid dienone is 4. The van der Waals surface area contributed by atoms with Gasteiger partial charge in [0.25, 0.3) is 5.17 Å². The Morgan fingerprint density at radius 3 is 1.25 bits per heavy atom. The van der Waals surface area contributed by atoms with Gasteiger partial charge in [-0.2, -0.15) is 0 Å². The van der Waals surface area contributed by atoms with Crippen LogP contribution in [0.4, 0.5) is 0 Å². The lowest BCUT2D eigenvalue weighted by molar-refractivity contribution is -0.147. The zero-order valence-electron chi connectivity index (χ0n) is 34.4. The molecule has 0 aromatic rings. The Hall–Kier alpha value is -1.93. The topological polar surface area (TPSA) is 77.1 Å². The van der Waals surface area contributed by atoms with Crippen molar-refractivity contribution in [3.63, 3.8) is 0 Å². The van der Waals surface area contributed by atoms with E-state index in [9.17, 15) is 9.59 Å². The average Bonchev–Trinajstić information content (AvgIpc) is 3.12. The molecule has 0 saturated heterocycles. The first-order chi connectivity index (χ1) is 25.4. The number of esters is 2. The number of nitrogens with one attached hydrogen (secondary N) is 1. The first-order valence-electron chi connectivity index (χ1n) is 21.6. The third-order valence-electron chi connectivity index (χ3n) is 9.27. The summed E-state index contributed by atoms with van der Waals surface area (Å²) < 4.78 is 16.7. The average molecular weight is 751 g/mol. The van der Waals surface area contributed by atoms with Crippen molar-refractivity contribution in [2.24, 2.45) is 0 Å². The highest BCUT2D eigenvalue weighted by Crippen LogP contribution is 2.12. The molecule has 7 nitrogen and oxygen atoms in total. The predicted molar refractivity (Wildman–Crippen MR) is 225 cm³/mol. The van der Waals surface area contributed by atoms with Gasteiger partial charge in [-0.05, 0) is 90.5 Å². The minimum Gasteiger partial charge on any atom is -0.470 e. The van der Waals surface area contributed by atoms with Crippen LogP contribution in [0, 0.1) is 0 Å². The number of rotatable bonds is 38. The van der Waals surface area contributed by atoms with Crippen molar-refractivity contribution < 1.29 is 23.8 Å². The van der Waals surface area contributed by atoms with E-state index in [1.165, 1.54) is 116 Å². The van der Waals surface area contributed by atoms with Gasteiger partial charge in [0, 0.05) is 19.4 Å². The second kappa shape index (κ2) is 40.3. The van der Waals surface area contributed by atoms with E-state index in [1.807, 2.05) is 19.0 Å². The number of unbranched alkanes of at least 4 members (excludes halogenated alkanes) is 22. The number of hydrogen-bond acceptors (Lipinski definition) is 7. The van der Waals surface area contributed by atoms with Crippen molar-refractivity contribution in [2.75, 3.05) is 40.5 Å². The minimum absolute atomic E-state index is 0.0712. The second-order valence-corrected chi connectivity index (χ2v) is 15.2. The molecule has 1 N–H and O–H groups in total. The fraction of sp³-hybridized carbons (Fsp3) is 0.841. The molecule has 304 valence electrons. The lowest BCUT2D eigenvalue weighted by Gasteiger charge is -2.21. The quantitative estimate of drug-likeness (QED) is 0.0289. The van der Waals surface area contributed by atoms with E-state index in [2.05, 4.69) is 43.5 Å². The fourth-order valence-electron chi connectivity index (χ4n) is 5.87. The van der Waals surface area contributed by atoms with Gasteiger partial charge in [-0.25, -0.2) is 0 Å². The summed E-state index contributed by atoms with van der Waals surface area (Å²) in [7, 11) is 3.93. The van der Waals surface area contributed by atoms with Gasteiger partial charge in [-0.1, -0.05) is 141 Å². The molecule has 0 rings (SSSR count). The molecule has 0 atom stereocenters. The molecular weight excluding hydrogens is 669 g/mol. The van der Waals surface area contributed by atoms with E-state index in [4.69, 9.17) is 26.4 Å². The maximum Gasteiger partial charge on any atom is 0.305 e. The summed E-state index contributed by atoms with van der Waals surface area (Å²) in [5, 5.41) is 3.29. The van der Waals surface area contributed by atoms with Crippen LogP contribution in [0.3, 0.4) is 0 Å². The third-order valence-corrected chi connectivity index (χ3v) is 9.51. The van der Waals surface area contributed by atoms with Crippen LogP contribution in [0.25, 0.3) is 0 Å². The van der Waals surface area contributed by atoms with E-state index < -0.39 is 6.04 Å². The van der Waals surface area contributed by atoms with Crippen LogP contribution in [0.1, 0.15) is 194 Å².